The summed E-state index contributed by atoms with van der Waals surface area (Å²) in [6.07, 6.45) is 10.3. The maximum Gasteiger partial charge on any atom is 0.253 e. The van der Waals surface area contributed by atoms with Crippen molar-refractivity contribution in [3.8, 4) is 5.75 Å². The number of nitrogens with zero attached hydrogens (tertiary/aromatic N) is 4. The molecule has 0 radical (unpaired) electrons. The first kappa shape index (κ1) is 44.5. The van der Waals surface area contributed by atoms with E-state index in [4.69, 9.17) is 33.9 Å². The van der Waals surface area contributed by atoms with E-state index in [1.165, 1.54) is 17.7 Å². The molecule has 1 atom stereocenters. The molecule has 1 saturated heterocycles. The summed E-state index contributed by atoms with van der Waals surface area (Å²) in [6, 6.07) is 29.1. The molecule has 3 aromatic carbocycles. The molecule has 5 heterocycles. The summed E-state index contributed by atoms with van der Waals surface area (Å²) in [5, 5.41) is 9.38. The fourth-order valence-electron chi connectivity index (χ4n) is 7.20. The zero-order chi connectivity index (χ0) is 44.1. The average Bonchev–Trinajstić information content (AvgIpc) is 3.83. The molecule has 12 nitrogen and oxygen atoms in total. The van der Waals surface area contributed by atoms with Crippen LogP contribution in [0.3, 0.4) is 0 Å². The molecule has 4 aromatic heterocycles. The highest BCUT2D eigenvalue weighted by molar-refractivity contribution is 7.80. The number of thiocarbonyl (C=S) groups is 2. The van der Waals surface area contributed by atoms with Crippen molar-refractivity contribution in [3.05, 3.63) is 176 Å². The summed E-state index contributed by atoms with van der Waals surface area (Å²) in [7, 11) is 1.60. The topological polar surface area (TPSA) is 140 Å². The molecule has 4 N–H and O–H groups in total. The maximum atomic E-state index is 13.3. The Hall–Kier alpha value is -6.55. The molecular formula is C48H49FN8O4S2. The number of aromatic nitrogens is 4. The monoisotopic (exact) mass is 884 g/mol. The Bertz CT molecular complexity index is 2770. The Labute approximate surface area is 375 Å². The van der Waals surface area contributed by atoms with Gasteiger partial charge in [0.05, 0.1) is 26.3 Å². The number of nitrogens with one attached hydrogen (secondary N) is 4. The number of H-pyrrole nitrogens is 2. The molecule has 0 bridgehead atoms. The van der Waals surface area contributed by atoms with Crippen molar-refractivity contribution in [2.75, 3.05) is 25.6 Å². The van der Waals surface area contributed by atoms with E-state index in [1.807, 2.05) is 70.6 Å². The fourth-order valence-corrected chi connectivity index (χ4v) is 7.66. The van der Waals surface area contributed by atoms with Crippen LogP contribution in [0.4, 0.5) is 10.1 Å². The molecule has 0 spiro atoms. The molecule has 8 rings (SSSR count). The number of anilines is 1. The third-order valence-corrected chi connectivity index (χ3v) is 11.4. The summed E-state index contributed by atoms with van der Waals surface area (Å²) in [6.45, 7) is 5.30. The smallest absolute Gasteiger partial charge is 0.253 e. The normalized spacial score (nSPS) is 13.2. The Morgan fingerprint density at radius 3 is 1.94 bits per heavy atom. The molecule has 1 aliphatic heterocycles. The SMILES string of the molecule is CCc1ccc2[nH]c(=O)c(CN(Cc3cccnc3)C(=S)NCC3CCCO3)cc2c1.COc1ccc2[nH]c(=O)c(CN(Cc3cccnc3)C(=S)Nc3ccc(F)cc3)cc2c1. The highest BCUT2D eigenvalue weighted by Gasteiger charge is 2.19. The summed E-state index contributed by atoms with van der Waals surface area (Å²) >= 11 is 11.3. The van der Waals surface area contributed by atoms with Crippen LogP contribution in [0.15, 0.2) is 131 Å². The number of benzene rings is 3. The molecule has 0 amide bonds. The van der Waals surface area contributed by atoms with Crippen LogP contribution >= 0.6 is 24.4 Å². The van der Waals surface area contributed by atoms with Gasteiger partial charge in [0.15, 0.2) is 10.2 Å². The number of aromatic amines is 2. The second kappa shape index (κ2) is 21.5. The zero-order valence-electron chi connectivity index (χ0n) is 35.1. The van der Waals surface area contributed by atoms with Crippen LogP contribution < -0.4 is 26.5 Å². The summed E-state index contributed by atoms with van der Waals surface area (Å²) in [4.78, 5) is 43.7. The predicted octanol–water partition coefficient (Wildman–Crippen LogP) is 8.01. The maximum absolute atomic E-state index is 13.3. The Kier molecular flexibility index (Phi) is 15.2. The van der Waals surface area contributed by atoms with E-state index in [0.717, 1.165) is 58.8 Å². The van der Waals surface area contributed by atoms with Gasteiger partial charge in [-0.3, -0.25) is 19.6 Å². The van der Waals surface area contributed by atoms with Crippen LogP contribution in [0.2, 0.25) is 0 Å². The van der Waals surface area contributed by atoms with E-state index in [2.05, 4.69) is 49.6 Å². The third-order valence-electron chi connectivity index (χ3n) is 10.6. The van der Waals surface area contributed by atoms with Crippen molar-refractivity contribution < 1.29 is 13.9 Å². The van der Waals surface area contributed by atoms with Gasteiger partial charge in [0, 0.05) is 84.3 Å². The number of hydrogen-bond donors (Lipinski definition) is 4. The minimum Gasteiger partial charge on any atom is -0.497 e. The van der Waals surface area contributed by atoms with Gasteiger partial charge >= 0.3 is 0 Å². The van der Waals surface area contributed by atoms with Crippen molar-refractivity contribution >= 4 is 62.2 Å². The largest absolute Gasteiger partial charge is 0.497 e. The molecule has 1 unspecified atom stereocenters. The van der Waals surface area contributed by atoms with E-state index in [1.54, 1.807) is 43.9 Å². The number of aryl methyl sites for hydroxylation is 1. The van der Waals surface area contributed by atoms with Crippen LogP contribution in [0.5, 0.6) is 5.75 Å². The minimum atomic E-state index is -0.327. The number of rotatable bonds is 13. The van der Waals surface area contributed by atoms with Gasteiger partial charge in [0.25, 0.3) is 11.1 Å². The molecular weight excluding hydrogens is 836 g/mol. The first-order valence-corrected chi connectivity index (χ1v) is 21.5. The number of halogens is 1. The number of pyridine rings is 4. The third kappa shape index (κ3) is 12.3. The van der Waals surface area contributed by atoms with Gasteiger partial charge in [0.1, 0.15) is 11.6 Å². The van der Waals surface area contributed by atoms with Gasteiger partial charge in [-0.25, -0.2) is 4.39 Å². The summed E-state index contributed by atoms with van der Waals surface area (Å²) in [5.74, 6) is 0.378. The van der Waals surface area contributed by atoms with Crippen LogP contribution in [0, 0.1) is 5.82 Å². The Morgan fingerprint density at radius 1 is 0.778 bits per heavy atom. The second-order valence-electron chi connectivity index (χ2n) is 15.2. The lowest BCUT2D eigenvalue weighted by Gasteiger charge is -2.26. The van der Waals surface area contributed by atoms with E-state index in [-0.39, 0.29) is 29.6 Å². The van der Waals surface area contributed by atoms with E-state index < -0.39 is 0 Å². The Balaban J connectivity index is 0.000000189. The van der Waals surface area contributed by atoms with E-state index in [9.17, 15) is 14.0 Å². The summed E-state index contributed by atoms with van der Waals surface area (Å²) in [5.41, 5.74) is 6.41. The predicted molar refractivity (Wildman–Crippen MR) is 254 cm³/mol. The lowest BCUT2D eigenvalue weighted by Crippen LogP contribution is -2.42. The summed E-state index contributed by atoms with van der Waals surface area (Å²) < 4.78 is 24.3. The minimum absolute atomic E-state index is 0.0881. The van der Waals surface area contributed by atoms with E-state index in [0.29, 0.717) is 59.0 Å². The van der Waals surface area contributed by atoms with Gasteiger partial charge in [-0.15, -0.1) is 0 Å². The van der Waals surface area contributed by atoms with Crippen LogP contribution in [0.1, 0.15) is 47.6 Å². The molecule has 1 fully saturated rings. The number of ether oxygens (including phenoxy) is 2. The first-order valence-electron chi connectivity index (χ1n) is 20.7. The van der Waals surface area contributed by atoms with Crippen molar-refractivity contribution in [2.45, 2.75) is 58.5 Å². The van der Waals surface area contributed by atoms with E-state index >= 15 is 0 Å². The average molecular weight is 885 g/mol. The Morgan fingerprint density at radius 2 is 1.38 bits per heavy atom. The lowest BCUT2D eigenvalue weighted by atomic mass is 10.1. The van der Waals surface area contributed by atoms with Gasteiger partial charge in [-0.2, -0.15) is 0 Å². The highest BCUT2D eigenvalue weighted by atomic mass is 32.1. The van der Waals surface area contributed by atoms with Crippen molar-refractivity contribution in [3.63, 3.8) is 0 Å². The molecule has 15 heteroatoms. The molecule has 0 aliphatic carbocycles. The second-order valence-corrected chi connectivity index (χ2v) is 15.9. The number of hydrogen-bond acceptors (Lipinski definition) is 8. The lowest BCUT2D eigenvalue weighted by molar-refractivity contribution is 0.113. The van der Waals surface area contributed by atoms with Crippen LogP contribution in [0.25, 0.3) is 21.8 Å². The van der Waals surface area contributed by atoms with Crippen LogP contribution in [-0.4, -0.2) is 66.3 Å². The fraction of sp³-hybridized carbons (Fsp3) is 0.250. The number of fused-ring (bicyclic) bond motifs is 2. The van der Waals surface area contributed by atoms with Gasteiger partial charge in [0.2, 0.25) is 0 Å². The van der Waals surface area contributed by atoms with Crippen molar-refractivity contribution in [1.82, 2.24) is 35.1 Å². The highest BCUT2D eigenvalue weighted by Crippen LogP contribution is 2.21. The first-order chi connectivity index (χ1) is 30.6. The van der Waals surface area contributed by atoms with Crippen LogP contribution in [-0.2, 0) is 37.3 Å². The molecule has 324 valence electrons. The molecule has 0 saturated carbocycles. The van der Waals surface area contributed by atoms with Crippen molar-refractivity contribution in [1.29, 1.82) is 0 Å². The quantitative estimate of drug-likeness (QED) is 0.0835. The standard InChI is InChI=1S/C24H21FN4O2S.C24H28N4O2S/c1-31-21-8-9-22-17(12-21)11-18(23(30)28-22)15-29(14-16-3-2-10-26-13-16)24(32)27-20-6-4-19(25)5-7-20;1-2-17-7-8-22-19(11-17)12-20(23(29)27-22)16-28(15-18-5-3-9-25-13-18)24(31)26-14-21-6-4-10-30-21/h2-13H,14-15H2,1H3,(H,27,32)(H,28,30);3,5,7-9,11-13,21H,2,4,6,10,14-16H2,1H3,(H,26,31)(H,27,29). The van der Waals surface area contributed by atoms with Crippen molar-refractivity contribution in [2.24, 2.45) is 0 Å². The molecule has 1 aliphatic rings. The van der Waals surface area contributed by atoms with Gasteiger partial charge in [-0.05, 0) is 145 Å². The van der Waals surface area contributed by atoms with Gasteiger partial charge in [-0.1, -0.05) is 25.1 Å². The molecule has 7 aromatic rings. The molecule has 63 heavy (non-hydrogen) atoms. The number of methoxy groups -OCH3 is 1. The van der Waals surface area contributed by atoms with Gasteiger partial charge < -0.3 is 39.9 Å². The zero-order valence-corrected chi connectivity index (χ0v) is 36.7.